The molecule has 4 saturated carbocycles. The van der Waals surface area contributed by atoms with Gasteiger partial charge in [0.15, 0.2) is 5.82 Å². The van der Waals surface area contributed by atoms with Crippen LogP contribution in [-0.4, -0.2) is 16.7 Å². The second-order valence-corrected chi connectivity index (χ2v) is 10.4. The van der Waals surface area contributed by atoms with E-state index < -0.39 is 29.6 Å². The van der Waals surface area contributed by atoms with E-state index in [9.17, 15) is 18.5 Å². The number of carbonyl (C=O) groups excluding carboxylic acids is 1. The first kappa shape index (κ1) is 25.1. The zero-order valence-corrected chi connectivity index (χ0v) is 22.1. The number of benzene rings is 2. The summed E-state index contributed by atoms with van der Waals surface area (Å²) in [5.41, 5.74) is 6.46. The summed E-state index contributed by atoms with van der Waals surface area (Å²) in [6.07, 6.45) is 7.54. The van der Waals surface area contributed by atoms with Gasteiger partial charge >= 0.3 is 6.17 Å². The van der Waals surface area contributed by atoms with E-state index in [1.54, 1.807) is 19.3 Å². The van der Waals surface area contributed by atoms with E-state index in [4.69, 9.17) is 5.73 Å². The zero-order chi connectivity index (χ0) is 23.3. The molecular formula is C26H29F2N3O2Zn. The van der Waals surface area contributed by atoms with Gasteiger partial charge in [0, 0.05) is 30.5 Å². The number of ketones is 1. The van der Waals surface area contributed by atoms with E-state index in [0.29, 0.717) is 11.0 Å². The van der Waals surface area contributed by atoms with Crippen LogP contribution >= 0.6 is 0 Å². The van der Waals surface area contributed by atoms with Crippen LogP contribution < -0.4 is 11.1 Å². The van der Waals surface area contributed by atoms with Gasteiger partial charge < -0.3 is 12.2 Å². The van der Waals surface area contributed by atoms with Gasteiger partial charge in [0.25, 0.3) is 5.69 Å². The Balaban J connectivity index is 0.000000190. The Bertz CT molecular complexity index is 1060. The van der Waals surface area contributed by atoms with Crippen molar-refractivity contribution in [3.63, 3.8) is 0 Å². The van der Waals surface area contributed by atoms with Gasteiger partial charge in [-0.1, -0.05) is 37.5 Å². The van der Waals surface area contributed by atoms with Crippen LogP contribution in [0, 0.1) is 46.6 Å². The molecule has 5 nitrogen and oxygen atoms in total. The summed E-state index contributed by atoms with van der Waals surface area (Å²) >= 11 is 0. The van der Waals surface area contributed by atoms with Crippen molar-refractivity contribution in [3.8, 4) is 0 Å². The van der Waals surface area contributed by atoms with Crippen LogP contribution in [0.15, 0.2) is 42.5 Å². The number of fused-ring (bicyclic) bond motifs is 1. The minimum atomic E-state index is -1.48. The molecule has 4 aliphatic carbocycles. The van der Waals surface area contributed by atoms with E-state index in [-0.39, 0.29) is 35.6 Å². The van der Waals surface area contributed by atoms with Crippen molar-refractivity contribution in [2.75, 3.05) is 5.32 Å². The number of Topliss-reactive ketones (excluding diaryl/α,β-unsaturated/α-hetero) is 1. The molecule has 0 spiro atoms. The van der Waals surface area contributed by atoms with Crippen LogP contribution in [0.5, 0.6) is 0 Å². The Labute approximate surface area is 211 Å². The van der Waals surface area contributed by atoms with Gasteiger partial charge in [-0.05, 0) is 60.8 Å². The molecule has 0 saturated heterocycles. The van der Waals surface area contributed by atoms with Crippen LogP contribution in [0.25, 0.3) is 0 Å². The molecule has 8 heteroatoms. The number of halogens is 2. The number of anilines is 1. The molecule has 2 unspecified atom stereocenters. The average Bonchev–Trinajstić information content (AvgIpc) is 2.85. The van der Waals surface area contributed by atoms with Crippen LogP contribution in [0.3, 0.4) is 0 Å². The average molecular weight is 519 g/mol. The third-order valence-electron chi connectivity index (χ3n) is 7.71. The quantitative estimate of drug-likeness (QED) is 0.300. The van der Waals surface area contributed by atoms with Gasteiger partial charge in [0.2, 0.25) is 5.78 Å². The monoisotopic (exact) mass is 517 g/mol. The fourth-order valence-corrected chi connectivity index (χ4v) is 6.68. The van der Waals surface area contributed by atoms with Crippen molar-refractivity contribution >= 4 is 17.2 Å². The Hall–Kier alpha value is -2.05. The third-order valence-corrected chi connectivity index (χ3v) is 7.71. The molecule has 34 heavy (non-hydrogen) atoms. The number of carbonyl (C=O) groups is 1. The minimum Gasteiger partial charge on any atom is -0.363 e. The molecule has 1 aliphatic heterocycles. The van der Waals surface area contributed by atoms with E-state index >= 15 is 0 Å². The molecule has 176 valence electrons. The Kier molecular flexibility index (Phi) is 7.03. The Morgan fingerprint density at radius 1 is 0.971 bits per heavy atom. The fourth-order valence-electron chi connectivity index (χ4n) is 6.68. The first-order valence-corrected chi connectivity index (χ1v) is 11.6. The molecule has 4 fully saturated rings. The molecule has 0 radical (unpaired) electrons. The Morgan fingerprint density at radius 3 is 2.06 bits per heavy atom. The molecule has 5 aliphatic rings. The summed E-state index contributed by atoms with van der Waals surface area (Å²) < 4.78 is 27.3. The smallest absolute Gasteiger partial charge is 0.320 e. The molecule has 3 N–H and O–H groups in total. The maximum absolute atomic E-state index is 14.0. The van der Waals surface area contributed by atoms with Gasteiger partial charge in [0.05, 0.1) is 4.76 Å². The number of hydrogen-bond acceptors (Lipinski definition) is 4. The predicted octanol–water partition coefficient (Wildman–Crippen LogP) is 5.43. The summed E-state index contributed by atoms with van der Waals surface area (Å²) in [5, 5.41) is 2.71. The second-order valence-electron chi connectivity index (χ2n) is 10.4. The van der Waals surface area contributed by atoms with Gasteiger partial charge in [-0.2, -0.15) is 5.41 Å². The van der Waals surface area contributed by atoms with Crippen molar-refractivity contribution in [2.24, 2.45) is 28.9 Å². The van der Waals surface area contributed by atoms with Gasteiger partial charge in [-0.3, -0.25) is 10.5 Å². The maximum atomic E-state index is 14.0. The molecule has 7 rings (SSSR count). The van der Waals surface area contributed by atoms with Crippen LogP contribution in [0.1, 0.15) is 50.1 Å². The minimum absolute atomic E-state index is 0. The second kappa shape index (κ2) is 9.54. The summed E-state index contributed by atoms with van der Waals surface area (Å²) in [6, 6.07) is 8.00. The normalized spacial score (nSPS) is 33.1. The topological polar surface area (TPSA) is 75.2 Å². The number of hydrogen-bond donors (Lipinski definition) is 2. The molecular weight excluding hydrogens is 490 g/mol. The van der Waals surface area contributed by atoms with Crippen LogP contribution in [-0.2, 0) is 24.3 Å². The number of para-hydroxylation sites is 1. The van der Waals surface area contributed by atoms with Crippen LogP contribution in [0.2, 0.25) is 0 Å². The van der Waals surface area contributed by atoms with Gasteiger partial charge in [-0.25, -0.2) is 8.78 Å². The first-order valence-electron chi connectivity index (χ1n) is 11.6. The predicted molar refractivity (Wildman–Crippen MR) is 121 cm³/mol. The molecule has 0 amide bonds. The largest absolute Gasteiger partial charge is 0.363 e. The SMILES string of the molecule is NC1C(=O)C(c2ccc(F)cc2)Nc2c(F)cccc2[N+]1=O.[CH2-]C12CC3CC(CC(C3)C1)C2.[Zn]. The molecule has 4 bridgehead atoms. The Morgan fingerprint density at radius 2 is 1.53 bits per heavy atom. The molecule has 2 aromatic rings. The van der Waals surface area contributed by atoms with E-state index in [1.807, 2.05) is 0 Å². The summed E-state index contributed by atoms with van der Waals surface area (Å²) in [4.78, 5) is 24.5. The number of nitrogens with two attached hydrogens (primary N) is 1. The molecule has 0 aromatic heterocycles. The summed E-state index contributed by atoms with van der Waals surface area (Å²) in [7, 11) is 0. The summed E-state index contributed by atoms with van der Waals surface area (Å²) in [6.45, 7) is 4.43. The van der Waals surface area contributed by atoms with Crippen molar-refractivity contribution in [2.45, 2.75) is 50.7 Å². The van der Waals surface area contributed by atoms with Crippen molar-refractivity contribution in [3.05, 3.63) is 71.5 Å². The van der Waals surface area contributed by atoms with E-state index in [1.165, 1.54) is 61.7 Å². The summed E-state index contributed by atoms with van der Waals surface area (Å²) in [5.74, 6) is 1.48. The zero-order valence-electron chi connectivity index (χ0n) is 19.2. The van der Waals surface area contributed by atoms with E-state index in [2.05, 4.69) is 12.2 Å². The van der Waals surface area contributed by atoms with Crippen molar-refractivity contribution in [1.29, 1.82) is 0 Å². The molecule has 1 heterocycles. The molecule has 2 aromatic carbocycles. The number of nitroso groups, excluding NO2 is 1. The van der Waals surface area contributed by atoms with Crippen molar-refractivity contribution in [1.82, 2.24) is 0 Å². The first-order chi connectivity index (χ1) is 15.7. The third kappa shape index (κ3) is 4.72. The van der Waals surface area contributed by atoms with Crippen molar-refractivity contribution < 1.29 is 37.8 Å². The number of rotatable bonds is 1. The van der Waals surface area contributed by atoms with Crippen LogP contribution in [0.4, 0.5) is 20.2 Å². The number of nitrogens with zero attached hydrogens (tertiary/aromatic N) is 1. The molecule has 2 atom stereocenters. The van der Waals surface area contributed by atoms with E-state index in [0.717, 1.165) is 17.8 Å². The van der Waals surface area contributed by atoms with Gasteiger partial charge in [0.1, 0.15) is 17.5 Å². The standard InChI is InChI=1S/C15H12F2N3O2.C11H17.Zn/c16-9-6-4-8(5-7-9)12-14(21)15(18)20(22)11-3-1-2-10(17)13(11)19-12;1-11-5-8-2-9(6-11)4-10(3-8)7-11;/h1-7,12,15,19H,18H2;8-10H,1-7H2;/q+1;-1;. The maximum Gasteiger partial charge on any atom is 0.320 e. The number of nitrogens with one attached hydrogen (secondary N) is 1. The fraction of sp³-hybridized carbons (Fsp3) is 0.462. The van der Waals surface area contributed by atoms with Gasteiger partial charge in [-0.15, -0.1) is 0 Å².